The molecule has 180 valence electrons. The van der Waals surface area contributed by atoms with Gasteiger partial charge in [-0.1, -0.05) is 30.3 Å². The first kappa shape index (κ1) is 26.1. The summed E-state index contributed by atoms with van der Waals surface area (Å²) in [6, 6.07) is 10.7. The smallest absolute Gasteiger partial charge is 0.475 e. The molecular weight excluding hydrogens is 429 g/mol. The number of piperidine rings is 1. The normalized spacial score (nSPS) is 20.5. The summed E-state index contributed by atoms with van der Waals surface area (Å²) < 4.78 is 43.3. The standard InChI is InChI=1S/C20H30N2O3.C2HF3O2/c1-21(2)19(23)15-24-14-18-12-20(16-25-18)8-10-22(11-9-20)13-17-6-4-3-5-7-17;3-2(4,5)1(6)7/h3-7,18H,8-16H2,1-2H3;(H,6,7). The number of nitrogens with zero attached hydrogens (tertiary/aromatic N) is 2. The molecule has 0 aliphatic carbocycles. The van der Waals surface area contributed by atoms with Crippen molar-refractivity contribution in [1.29, 1.82) is 0 Å². The first-order valence-corrected chi connectivity index (χ1v) is 10.5. The maximum absolute atomic E-state index is 11.6. The molecule has 1 aromatic carbocycles. The Labute approximate surface area is 186 Å². The third-order valence-electron chi connectivity index (χ3n) is 5.72. The minimum atomic E-state index is -5.08. The van der Waals surface area contributed by atoms with Crippen LogP contribution in [0.25, 0.3) is 0 Å². The monoisotopic (exact) mass is 460 g/mol. The van der Waals surface area contributed by atoms with Gasteiger partial charge in [0.05, 0.1) is 19.3 Å². The molecule has 1 aromatic rings. The Hall–Kier alpha value is -2.17. The Bertz CT molecular complexity index is 735. The highest BCUT2D eigenvalue weighted by atomic mass is 19.4. The number of halogens is 3. The van der Waals surface area contributed by atoms with Gasteiger partial charge >= 0.3 is 12.1 Å². The molecule has 0 saturated carbocycles. The molecule has 2 aliphatic rings. The molecule has 1 amide bonds. The molecule has 2 heterocycles. The zero-order chi connectivity index (χ0) is 23.8. The maximum Gasteiger partial charge on any atom is 0.490 e. The summed E-state index contributed by atoms with van der Waals surface area (Å²) in [6.07, 6.45) is -1.52. The minimum absolute atomic E-state index is 0.00179. The van der Waals surface area contributed by atoms with Crippen LogP contribution in [0.3, 0.4) is 0 Å². The minimum Gasteiger partial charge on any atom is -0.475 e. The molecule has 1 N–H and O–H groups in total. The van der Waals surface area contributed by atoms with Crippen LogP contribution in [0.4, 0.5) is 13.2 Å². The predicted octanol–water partition coefficient (Wildman–Crippen LogP) is 2.80. The highest BCUT2D eigenvalue weighted by Gasteiger charge is 2.42. The van der Waals surface area contributed by atoms with Gasteiger partial charge in [0.25, 0.3) is 0 Å². The molecule has 10 heteroatoms. The van der Waals surface area contributed by atoms with Crippen molar-refractivity contribution >= 4 is 11.9 Å². The summed E-state index contributed by atoms with van der Waals surface area (Å²) >= 11 is 0. The topological polar surface area (TPSA) is 79.3 Å². The molecule has 32 heavy (non-hydrogen) atoms. The van der Waals surface area contributed by atoms with Gasteiger partial charge in [0.2, 0.25) is 5.91 Å². The molecule has 1 atom stereocenters. The molecule has 7 nitrogen and oxygen atoms in total. The van der Waals surface area contributed by atoms with Crippen molar-refractivity contribution in [3.05, 3.63) is 35.9 Å². The van der Waals surface area contributed by atoms with Gasteiger partial charge in [-0.25, -0.2) is 4.79 Å². The quantitative estimate of drug-likeness (QED) is 0.704. The van der Waals surface area contributed by atoms with Crippen LogP contribution < -0.4 is 0 Å². The van der Waals surface area contributed by atoms with Crippen molar-refractivity contribution in [3.8, 4) is 0 Å². The van der Waals surface area contributed by atoms with Gasteiger partial charge in [0.15, 0.2) is 0 Å². The van der Waals surface area contributed by atoms with E-state index in [0.717, 1.165) is 32.7 Å². The van der Waals surface area contributed by atoms with Crippen LogP contribution in [-0.2, 0) is 25.6 Å². The highest BCUT2D eigenvalue weighted by Crippen LogP contribution is 2.42. The number of carboxylic acid groups (broad SMARTS) is 1. The van der Waals surface area contributed by atoms with Crippen molar-refractivity contribution in [2.24, 2.45) is 5.41 Å². The largest absolute Gasteiger partial charge is 0.490 e. The van der Waals surface area contributed by atoms with Crippen molar-refractivity contribution in [2.45, 2.75) is 38.1 Å². The van der Waals surface area contributed by atoms with Crippen molar-refractivity contribution in [1.82, 2.24) is 9.80 Å². The number of likely N-dealkylation sites (N-methyl/N-ethyl adjacent to an activating group) is 1. The Morgan fingerprint density at radius 1 is 1.22 bits per heavy atom. The molecule has 3 rings (SSSR count). The third-order valence-corrected chi connectivity index (χ3v) is 5.72. The number of carboxylic acids is 1. The van der Waals surface area contributed by atoms with E-state index in [9.17, 15) is 18.0 Å². The maximum atomic E-state index is 11.6. The fourth-order valence-electron chi connectivity index (χ4n) is 3.78. The SMILES string of the molecule is CN(C)C(=O)COCC1CC2(CCN(Cc3ccccc3)CC2)CO1.O=C(O)C(F)(F)F. The van der Waals surface area contributed by atoms with E-state index in [2.05, 4.69) is 35.2 Å². The van der Waals surface area contributed by atoms with Gasteiger partial charge in [-0.3, -0.25) is 9.69 Å². The van der Waals surface area contributed by atoms with Gasteiger partial charge in [-0.05, 0) is 43.3 Å². The fourth-order valence-corrected chi connectivity index (χ4v) is 3.78. The van der Waals surface area contributed by atoms with Crippen LogP contribution in [0, 0.1) is 5.41 Å². The molecule has 1 spiro atoms. The number of rotatable bonds is 6. The lowest BCUT2D eigenvalue weighted by Gasteiger charge is -2.38. The van der Waals surface area contributed by atoms with Gasteiger partial charge < -0.3 is 19.5 Å². The molecule has 0 radical (unpaired) electrons. The molecule has 2 saturated heterocycles. The van der Waals surface area contributed by atoms with Gasteiger partial charge in [-0.15, -0.1) is 0 Å². The second-order valence-corrected chi connectivity index (χ2v) is 8.51. The van der Waals surface area contributed by atoms with Crippen LogP contribution in [-0.4, -0.2) is 86.1 Å². The van der Waals surface area contributed by atoms with E-state index in [0.29, 0.717) is 12.0 Å². The van der Waals surface area contributed by atoms with E-state index >= 15 is 0 Å². The molecular formula is C22H31F3N2O5. The van der Waals surface area contributed by atoms with Crippen molar-refractivity contribution in [3.63, 3.8) is 0 Å². The molecule has 2 fully saturated rings. The fraction of sp³-hybridized carbons (Fsp3) is 0.636. The number of alkyl halides is 3. The number of hydrogen-bond donors (Lipinski definition) is 1. The summed E-state index contributed by atoms with van der Waals surface area (Å²) in [7, 11) is 3.49. The molecule has 2 aliphatic heterocycles. The Balaban J connectivity index is 0.000000451. The van der Waals surface area contributed by atoms with Crippen LogP contribution in [0.15, 0.2) is 30.3 Å². The predicted molar refractivity (Wildman–Crippen MR) is 111 cm³/mol. The van der Waals surface area contributed by atoms with E-state index < -0.39 is 12.1 Å². The average Bonchev–Trinajstić information content (AvgIpc) is 3.13. The zero-order valence-corrected chi connectivity index (χ0v) is 18.4. The van der Waals surface area contributed by atoms with Crippen LogP contribution in [0.2, 0.25) is 0 Å². The van der Waals surface area contributed by atoms with Gasteiger partial charge in [0.1, 0.15) is 6.61 Å². The molecule has 0 bridgehead atoms. The number of amides is 1. The first-order valence-electron chi connectivity index (χ1n) is 10.5. The van der Waals surface area contributed by atoms with E-state index in [-0.39, 0.29) is 18.6 Å². The second-order valence-electron chi connectivity index (χ2n) is 8.51. The van der Waals surface area contributed by atoms with E-state index in [4.69, 9.17) is 19.4 Å². The van der Waals surface area contributed by atoms with Crippen LogP contribution in [0.5, 0.6) is 0 Å². The third kappa shape index (κ3) is 8.40. The lowest BCUT2D eigenvalue weighted by Crippen LogP contribution is -2.40. The van der Waals surface area contributed by atoms with Crippen molar-refractivity contribution in [2.75, 3.05) is 47.0 Å². The number of carbonyl (C=O) groups excluding carboxylic acids is 1. The van der Waals surface area contributed by atoms with E-state index in [1.54, 1.807) is 19.0 Å². The summed E-state index contributed by atoms with van der Waals surface area (Å²) in [6.45, 7) is 4.80. The van der Waals surface area contributed by atoms with Gasteiger partial charge in [-0.2, -0.15) is 13.2 Å². The van der Waals surface area contributed by atoms with Crippen molar-refractivity contribution < 1.29 is 37.3 Å². The zero-order valence-electron chi connectivity index (χ0n) is 18.4. The number of benzene rings is 1. The van der Waals surface area contributed by atoms with E-state index in [1.807, 2.05) is 0 Å². The summed E-state index contributed by atoms with van der Waals surface area (Å²) in [5.74, 6) is -2.76. The van der Waals surface area contributed by atoms with Crippen LogP contribution in [0.1, 0.15) is 24.8 Å². The first-order chi connectivity index (χ1) is 15.0. The number of hydrogen-bond acceptors (Lipinski definition) is 5. The summed E-state index contributed by atoms with van der Waals surface area (Å²) in [5, 5.41) is 7.12. The second kappa shape index (κ2) is 11.6. The van der Waals surface area contributed by atoms with Gasteiger partial charge in [0, 0.05) is 20.6 Å². The Morgan fingerprint density at radius 2 is 1.81 bits per heavy atom. The lowest BCUT2D eigenvalue weighted by atomic mass is 9.76. The Morgan fingerprint density at radius 3 is 2.34 bits per heavy atom. The summed E-state index contributed by atoms with van der Waals surface area (Å²) in [5.41, 5.74) is 1.70. The van der Waals surface area contributed by atoms with Crippen LogP contribution >= 0.6 is 0 Å². The number of ether oxygens (including phenoxy) is 2. The summed E-state index contributed by atoms with van der Waals surface area (Å²) in [4.78, 5) is 24.5. The average molecular weight is 460 g/mol. The lowest BCUT2D eigenvalue weighted by molar-refractivity contribution is -0.192. The number of carbonyl (C=O) groups is 2. The molecule has 1 unspecified atom stereocenters. The number of likely N-dealkylation sites (tertiary alicyclic amines) is 1. The highest BCUT2D eigenvalue weighted by molar-refractivity contribution is 5.76. The molecule has 0 aromatic heterocycles. The Kier molecular flexibility index (Phi) is 9.47. The number of aliphatic carboxylic acids is 1. The van der Waals surface area contributed by atoms with E-state index in [1.165, 1.54) is 18.4 Å².